The van der Waals surface area contributed by atoms with Crippen LogP contribution in [0.1, 0.15) is 18.7 Å². The van der Waals surface area contributed by atoms with E-state index < -0.39 is 11.6 Å². The van der Waals surface area contributed by atoms with Crippen molar-refractivity contribution in [3.05, 3.63) is 78.2 Å². The highest BCUT2D eigenvalue weighted by Gasteiger charge is 2.31. The van der Waals surface area contributed by atoms with Crippen LogP contribution in [-0.2, 0) is 23.1 Å². The number of hydrogen-bond donors (Lipinski definition) is 0. The van der Waals surface area contributed by atoms with Crippen molar-refractivity contribution in [1.82, 2.24) is 34.2 Å². The molecule has 0 fully saturated rings. The van der Waals surface area contributed by atoms with Crippen molar-refractivity contribution in [2.45, 2.75) is 19.5 Å². The number of aromatic nitrogens is 6. The molecule has 0 bridgehead atoms. The maximum Gasteiger partial charge on any atom is 0.246 e. The summed E-state index contributed by atoms with van der Waals surface area (Å²) in [6.45, 7) is 6.79. The summed E-state index contributed by atoms with van der Waals surface area (Å²) >= 11 is 1.41. The van der Waals surface area contributed by atoms with Gasteiger partial charge in [-0.3, -0.25) is 9.48 Å². The molecule has 234 valence electrons. The third-order valence-corrected chi connectivity index (χ3v) is 9.14. The molecule has 0 radical (unpaired) electrons. The molecule has 1 atom stereocenters. The smallest absolute Gasteiger partial charge is 0.246 e. The van der Waals surface area contributed by atoms with Gasteiger partial charge in [-0.1, -0.05) is 6.58 Å². The summed E-state index contributed by atoms with van der Waals surface area (Å²) in [6.07, 6.45) is 4.74. The fourth-order valence-electron chi connectivity index (χ4n) is 5.99. The molecular formula is C33H29F2N7O3S. The molecule has 7 rings (SSSR count). The number of ether oxygens (including phenoxy) is 2. The molecule has 1 aliphatic heterocycles. The number of imidazole rings is 1. The number of rotatable bonds is 8. The molecule has 1 unspecified atom stereocenters. The van der Waals surface area contributed by atoms with E-state index in [1.54, 1.807) is 17.4 Å². The first-order valence-electron chi connectivity index (χ1n) is 14.6. The van der Waals surface area contributed by atoms with E-state index in [0.717, 1.165) is 28.4 Å². The van der Waals surface area contributed by atoms with Gasteiger partial charge >= 0.3 is 0 Å². The normalized spacial score (nSPS) is 14.6. The van der Waals surface area contributed by atoms with E-state index >= 15 is 4.39 Å². The van der Waals surface area contributed by atoms with Crippen molar-refractivity contribution in [3.63, 3.8) is 0 Å². The molecule has 10 nitrogen and oxygen atoms in total. The third kappa shape index (κ3) is 4.92. The van der Waals surface area contributed by atoms with Gasteiger partial charge in [-0.15, -0.1) is 11.3 Å². The second kappa shape index (κ2) is 11.7. The zero-order chi connectivity index (χ0) is 32.1. The molecular weight excluding hydrogens is 612 g/mol. The lowest BCUT2D eigenvalue weighted by Crippen LogP contribution is -2.40. The SMILES string of the molecule is C=CC(=O)N1CCn2nc(-c3nc(-c4cnc5c(c4)ncn5C)c4ccsc4c3-c3c(F)cc(F)cc3OCCOC)cc2C1C. The average Bonchev–Trinajstić information content (AvgIpc) is 3.79. The van der Waals surface area contributed by atoms with E-state index in [4.69, 9.17) is 19.6 Å². The van der Waals surface area contributed by atoms with Crippen LogP contribution in [-0.4, -0.2) is 67.0 Å². The Morgan fingerprint density at radius 3 is 2.78 bits per heavy atom. The number of thiophene rings is 1. The number of carbonyl (C=O) groups is 1. The van der Waals surface area contributed by atoms with Crippen LogP contribution in [0.3, 0.4) is 0 Å². The van der Waals surface area contributed by atoms with Crippen LogP contribution >= 0.6 is 11.3 Å². The average molecular weight is 642 g/mol. The van der Waals surface area contributed by atoms with E-state index in [1.165, 1.54) is 30.6 Å². The molecule has 6 aromatic rings. The number of carbonyl (C=O) groups excluding carboxylic acids is 1. The van der Waals surface area contributed by atoms with Gasteiger partial charge in [0, 0.05) is 60.2 Å². The Morgan fingerprint density at radius 1 is 1.13 bits per heavy atom. The van der Waals surface area contributed by atoms with Crippen LogP contribution < -0.4 is 4.74 Å². The third-order valence-electron chi connectivity index (χ3n) is 8.21. The van der Waals surface area contributed by atoms with Crippen molar-refractivity contribution < 1.29 is 23.0 Å². The Bertz CT molecular complexity index is 2150. The van der Waals surface area contributed by atoms with Gasteiger partial charge in [-0.2, -0.15) is 5.10 Å². The van der Waals surface area contributed by atoms with Crippen molar-refractivity contribution in [2.75, 3.05) is 26.9 Å². The molecule has 0 aliphatic carbocycles. The molecule has 13 heteroatoms. The minimum absolute atomic E-state index is 0.0247. The molecule has 1 aromatic carbocycles. The Kier molecular flexibility index (Phi) is 7.57. The van der Waals surface area contributed by atoms with Gasteiger partial charge < -0.3 is 18.9 Å². The lowest BCUT2D eigenvalue weighted by molar-refractivity contribution is -0.129. The van der Waals surface area contributed by atoms with Crippen LogP contribution in [0.25, 0.3) is 55.0 Å². The van der Waals surface area contributed by atoms with E-state index in [2.05, 4.69) is 16.5 Å². The fourth-order valence-corrected chi connectivity index (χ4v) is 6.93. The van der Waals surface area contributed by atoms with E-state index in [9.17, 15) is 9.18 Å². The van der Waals surface area contributed by atoms with Gasteiger partial charge in [0.05, 0.1) is 42.5 Å². The molecule has 0 saturated heterocycles. The highest BCUT2D eigenvalue weighted by Crippen LogP contribution is 2.47. The molecule has 5 aromatic heterocycles. The van der Waals surface area contributed by atoms with Gasteiger partial charge in [0.25, 0.3) is 0 Å². The number of benzene rings is 1. The Morgan fingerprint density at radius 2 is 1.98 bits per heavy atom. The summed E-state index contributed by atoms with van der Waals surface area (Å²) in [4.78, 5) is 28.6. The van der Waals surface area contributed by atoms with E-state index in [-0.39, 0.29) is 36.5 Å². The standard InChI is InChI=1S/C33H29F2N7O3S/c1-5-27(43)41-7-8-42-25(18(41)2)15-23(39-42)31-29(28-22(35)13-20(34)14-26(28)45-10-9-44-4)32-21(6-11-46-32)30(38-31)19-12-24-33(36-16-19)40(3)17-37-24/h5-6,11-18H,1,7-10H2,2-4H3. The maximum atomic E-state index is 16.0. The van der Waals surface area contributed by atoms with Crippen LogP contribution in [0, 0.1) is 11.6 Å². The van der Waals surface area contributed by atoms with Gasteiger partial charge in [0.1, 0.15) is 40.9 Å². The van der Waals surface area contributed by atoms with Crippen molar-refractivity contribution in [1.29, 1.82) is 0 Å². The van der Waals surface area contributed by atoms with Crippen molar-refractivity contribution >= 4 is 38.5 Å². The van der Waals surface area contributed by atoms with Crippen molar-refractivity contribution in [2.24, 2.45) is 7.05 Å². The van der Waals surface area contributed by atoms with Gasteiger partial charge in [0.2, 0.25) is 5.91 Å². The number of pyridine rings is 2. The second-order valence-corrected chi connectivity index (χ2v) is 11.9. The summed E-state index contributed by atoms with van der Waals surface area (Å²) < 4.78 is 46.1. The number of aryl methyl sites for hydroxylation is 1. The van der Waals surface area contributed by atoms with Gasteiger partial charge in [-0.05, 0) is 36.6 Å². The highest BCUT2D eigenvalue weighted by molar-refractivity contribution is 7.18. The molecule has 0 N–H and O–H groups in total. The van der Waals surface area contributed by atoms with Crippen LogP contribution in [0.2, 0.25) is 0 Å². The molecule has 6 heterocycles. The Hall–Kier alpha value is -5.01. The van der Waals surface area contributed by atoms with Gasteiger partial charge in [0.15, 0.2) is 5.65 Å². The Labute approximate surface area is 266 Å². The number of hydrogen-bond acceptors (Lipinski definition) is 8. The number of methoxy groups -OCH3 is 1. The number of nitrogens with zero attached hydrogens (tertiary/aromatic N) is 7. The molecule has 0 spiro atoms. The number of halogens is 2. The summed E-state index contributed by atoms with van der Waals surface area (Å²) in [7, 11) is 3.40. The minimum Gasteiger partial charge on any atom is -0.490 e. The first-order chi connectivity index (χ1) is 22.3. The lowest BCUT2D eigenvalue weighted by atomic mass is 9.96. The van der Waals surface area contributed by atoms with E-state index in [0.29, 0.717) is 46.0 Å². The summed E-state index contributed by atoms with van der Waals surface area (Å²) in [5, 5.41) is 7.58. The maximum absolute atomic E-state index is 16.0. The monoisotopic (exact) mass is 641 g/mol. The highest BCUT2D eigenvalue weighted by atomic mass is 32.1. The lowest BCUT2D eigenvalue weighted by Gasteiger charge is -2.33. The summed E-state index contributed by atoms with van der Waals surface area (Å²) in [6, 6.07) is 7.43. The summed E-state index contributed by atoms with van der Waals surface area (Å²) in [5.74, 6) is -1.72. The number of fused-ring (bicyclic) bond motifs is 3. The molecule has 46 heavy (non-hydrogen) atoms. The summed E-state index contributed by atoms with van der Waals surface area (Å²) in [5.41, 5.74) is 4.90. The zero-order valence-electron chi connectivity index (χ0n) is 25.3. The second-order valence-electron chi connectivity index (χ2n) is 11.0. The zero-order valence-corrected chi connectivity index (χ0v) is 26.1. The van der Waals surface area contributed by atoms with Crippen LogP contribution in [0.15, 0.2) is 60.9 Å². The quantitative estimate of drug-likeness (QED) is 0.145. The van der Waals surface area contributed by atoms with Crippen molar-refractivity contribution in [3.8, 4) is 39.5 Å². The minimum atomic E-state index is -0.797. The molecule has 1 amide bonds. The number of amides is 1. The fraction of sp³-hybridized carbons (Fsp3) is 0.242. The predicted molar refractivity (Wildman–Crippen MR) is 171 cm³/mol. The van der Waals surface area contributed by atoms with Gasteiger partial charge in [-0.25, -0.2) is 23.7 Å². The predicted octanol–water partition coefficient (Wildman–Crippen LogP) is 6.17. The largest absolute Gasteiger partial charge is 0.490 e. The Balaban J connectivity index is 1.50. The first kappa shape index (κ1) is 29.7. The van der Waals surface area contributed by atoms with E-state index in [1.807, 2.05) is 46.8 Å². The molecule has 0 saturated carbocycles. The topological polar surface area (TPSA) is 100 Å². The van der Waals surface area contributed by atoms with Crippen LogP contribution in [0.5, 0.6) is 5.75 Å². The first-order valence-corrected chi connectivity index (χ1v) is 15.5. The molecule has 1 aliphatic rings. The van der Waals surface area contributed by atoms with Crippen LogP contribution in [0.4, 0.5) is 8.78 Å².